The van der Waals surface area contributed by atoms with E-state index in [1.165, 1.54) is 21.9 Å². The summed E-state index contributed by atoms with van der Waals surface area (Å²) in [5.41, 5.74) is -1.63. The molecule has 5 nitrogen and oxygen atoms in total. The van der Waals surface area contributed by atoms with Crippen molar-refractivity contribution < 1.29 is 27.9 Å². The van der Waals surface area contributed by atoms with Crippen molar-refractivity contribution in [2.24, 2.45) is 0 Å². The van der Waals surface area contributed by atoms with Gasteiger partial charge in [-0.3, -0.25) is 14.0 Å². The zero-order valence-corrected chi connectivity index (χ0v) is 15.3. The van der Waals surface area contributed by atoms with E-state index in [-0.39, 0.29) is 17.0 Å². The van der Waals surface area contributed by atoms with E-state index >= 15 is 0 Å². The molecule has 0 aliphatic rings. The number of phenols is 1. The van der Waals surface area contributed by atoms with Gasteiger partial charge in [0.1, 0.15) is 22.8 Å². The van der Waals surface area contributed by atoms with Crippen molar-refractivity contribution in [3.63, 3.8) is 0 Å². The Balaban J connectivity index is 1.91. The monoisotopic (exact) mass is 416 g/mol. The SMILES string of the molecule is O=C(c1cccs1)c1nc2ccccn2c1C(=O)c1ccc(O)c(C(F)(F)F)c1. The van der Waals surface area contributed by atoms with E-state index < -0.39 is 29.1 Å². The fourth-order valence-electron chi connectivity index (χ4n) is 2.94. The van der Waals surface area contributed by atoms with Crippen molar-refractivity contribution in [3.05, 3.63) is 87.5 Å². The van der Waals surface area contributed by atoms with Crippen LogP contribution in [0.15, 0.2) is 60.1 Å². The van der Waals surface area contributed by atoms with Crippen molar-refractivity contribution in [2.75, 3.05) is 0 Å². The Bertz CT molecular complexity index is 1240. The molecule has 0 amide bonds. The zero-order valence-electron chi connectivity index (χ0n) is 14.5. The molecule has 3 heterocycles. The van der Waals surface area contributed by atoms with E-state index in [0.29, 0.717) is 16.6 Å². The van der Waals surface area contributed by atoms with Crippen molar-refractivity contribution in [3.8, 4) is 5.75 Å². The lowest BCUT2D eigenvalue weighted by Crippen LogP contribution is -2.14. The van der Waals surface area contributed by atoms with E-state index in [1.54, 1.807) is 35.7 Å². The Morgan fingerprint density at radius 2 is 1.83 bits per heavy atom. The van der Waals surface area contributed by atoms with Crippen molar-refractivity contribution in [1.82, 2.24) is 9.38 Å². The van der Waals surface area contributed by atoms with Gasteiger partial charge in [0.2, 0.25) is 11.6 Å². The minimum Gasteiger partial charge on any atom is -0.507 e. The molecule has 0 aliphatic carbocycles. The van der Waals surface area contributed by atoms with Crippen molar-refractivity contribution in [2.45, 2.75) is 6.18 Å². The highest BCUT2D eigenvalue weighted by Crippen LogP contribution is 2.36. The Labute approximate surface area is 165 Å². The summed E-state index contributed by atoms with van der Waals surface area (Å²) in [6.07, 6.45) is -3.33. The third-order valence-electron chi connectivity index (χ3n) is 4.27. The highest BCUT2D eigenvalue weighted by atomic mass is 32.1. The molecule has 3 aromatic heterocycles. The normalized spacial score (nSPS) is 11.7. The lowest BCUT2D eigenvalue weighted by molar-refractivity contribution is -0.138. The van der Waals surface area contributed by atoms with Crippen LogP contribution in [-0.2, 0) is 6.18 Å². The zero-order chi connectivity index (χ0) is 20.8. The molecule has 0 atom stereocenters. The minimum absolute atomic E-state index is 0.141. The number of fused-ring (bicyclic) bond motifs is 1. The molecule has 4 rings (SSSR count). The summed E-state index contributed by atoms with van der Waals surface area (Å²) < 4.78 is 40.8. The van der Waals surface area contributed by atoms with Gasteiger partial charge in [-0.2, -0.15) is 13.2 Å². The second-order valence-corrected chi connectivity index (χ2v) is 7.05. The van der Waals surface area contributed by atoms with Gasteiger partial charge in [0, 0.05) is 11.8 Å². The molecule has 0 fully saturated rings. The average molecular weight is 416 g/mol. The summed E-state index contributed by atoms with van der Waals surface area (Å²) in [5, 5.41) is 11.2. The summed E-state index contributed by atoms with van der Waals surface area (Å²) in [6.45, 7) is 0. The van der Waals surface area contributed by atoms with Gasteiger partial charge >= 0.3 is 6.18 Å². The molecule has 0 bridgehead atoms. The first kappa shape index (κ1) is 18.9. The fourth-order valence-corrected chi connectivity index (χ4v) is 3.60. The molecule has 0 saturated heterocycles. The van der Waals surface area contributed by atoms with Crippen LogP contribution in [-0.4, -0.2) is 26.1 Å². The highest BCUT2D eigenvalue weighted by Gasteiger charge is 2.35. The maximum Gasteiger partial charge on any atom is 0.419 e. The van der Waals surface area contributed by atoms with E-state index in [0.717, 1.165) is 12.1 Å². The quantitative estimate of drug-likeness (QED) is 0.494. The average Bonchev–Trinajstić information content (AvgIpc) is 3.34. The number of carbonyl (C=O) groups excluding carboxylic acids is 2. The number of phenolic OH excluding ortho intramolecular Hbond substituents is 1. The number of halogens is 3. The summed E-state index contributed by atoms with van der Waals surface area (Å²) in [5.74, 6) is -2.29. The lowest BCUT2D eigenvalue weighted by atomic mass is 10.0. The highest BCUT2D eigenvalue weighted by molar-refractivity contribution is 7.12. The van der Waals surface area contributed by atoms with E-state index in [2.05, 4.69) is 4.98 Å². The number of carbonyl (C=O) groups is 2. The van der Waals surface area contributed by atoms with Crippen molar-refractivity contribution >= 4 is 28.6 Å². The van der Waals surface area contributed by atoms with Crippen LogP contribution in [0.5, 0.6) is 5.75 Å². The molecule has 0 spiro atoms. The maximum atomic E-state index is 13.1. The number of imidazole rings is 1. The summed E-state index contributed by atoms with van der Waals surface area (Å²) in [7, 11) is 0. The molecule has 0 saturated carbocycles. The third-order valence-corrected chi connectivity index (χ3v) is 5.14. The van der Waals surface area contributed by atoms with E-state index in [9.17, 15) is 27.9 Å². The second kappa shape index (κ2) is 6.85. The maximum absolute atomic E-state index is 13.1. The van der Waals surface area contributed by atoms with Crippen molar-refractivity contribution in [1.29, 1.82) is 0 Å². The van der Waals surface area contributed by atoms with Crippen LogP contribution < -0.4 is 0 Å². The number of thiophene rings is 1. The third kappa shape index (κ3) is 3.29. The first-order valence-electron chi connectivity index (χ1n) is 8.27. The second-order valence-electron chi connectivity index (χ2n) is 6.10. The number of pyridine rings is 1. The molecule has 0 aliphatic heterocycles. The van der Waals surface area contributed by atoms with Gasteiger partial charge in [-0.25, -0.2) is 4.98 Å². The van der Waals surface area contributed by atoms with Crippen LogP contribution in [0, 0.1) is 0 Å². The van der Waals surface area contributed by atoms with Gasteiger partial charge in [0.15, 0.2) is 0 Å². The van der Waals surface area contributed by atoms with Gasteiger partial charge in [-0.05, 0) is 41.8 Å². The van der Waals surface area contributed by atoms with Gasteiger partial charge in [-0.15, -0.1) is 11.3 Å². The predicted molar refractivity (Wildman–Crippen MR) is 99.5 cm³/mol. The van der Waals surface area contributed by atoms with E-state index in [4.69, 9.17) is 0 Å². The number of ketones is 2. The number of rotatable bonds is 4. The topological polar surface area (TPSA) is 71.7 Å². The number of nitrogens with zero attached hydrogens (tertiary/aromatic N) is 2. The van der Waals surface area contributed by atoms with Gasteiger partial charge in [0.25, 0.3) is 0 Å². The number of hydrogen-bond donors (Lipinski definition) is 1. The predicted octanol–water partition coefficient (Wildman–Crippen LogP) is 4.58. The molecule has 146 valence electrons. The van der Waals surface area contributed by atoms with Crippen LogP contribution in [0.2, 0.25) is 0 Å². The first-order chi connectivity index (χ1) is 13.8. The lowest BCUT2D eigenvalue weighted by Gasteiger charge is -2.11. The Hall–Kier alpha value is -3.46. The standard InChI is InChI=1S/C20H11F3N2O3S/c21-20(22,23)12-10-11(6-7-13(12)26)18(27)17-16(19(28)14-4-3-9-29-14)24-15-5-1-2-8-25(15)17/h1-10,26H. The molecule has 4 aromatic rings. The van der Waals surface area contributed by atoms with E-state index in [1.807, 2.05) is 0 Å². The Morgan fingerprint density at radius 1 is 1.03 bits per heavy atom. The van der Waals surface area contributed by atoms with Crippen LogP contribution in [0.3, 0.4) is 0 Å². The Morgan fingerprint density at radius 3 is 2.52 bits per heavy atom. The molecular formula is C20H11F3N2O3S. The molecule has 0 radical (unpaired) electrons. The van der Waals surface area contributed by atoms with Crippen LogP contribution in [0.1, 0.15) is 37.0 Å². The molecule has 0 unspecified atom stereocenters. The molecule has 9 heteroatoms. The smallest absolute Gasteiger partial charge is 0.419 e. The minimum atomic E-state index is -4.84. The molecule has 29 heavy (non-hydrogen) atoms. The Kier molecular flexibility index (Phi) is 4.46. The number of aromatic nitrogens is 2. The first-order valence-corrected chi connectivity index (χ1v) is 9.15. The van der Waals surface area contributed by atoms with Crippen LogP contribution in [0.4, 0.5) is 13.2 Å². The number of aromatic hydroxyl groups is 1. The summed E-state index contributed by atoms with van der Waals surface area (Å²) >= 11 is 1.17. The number of hydrogen-bond acceptors (Lipinski definition) is 5. The molecule has 1 aromatic carbocycles. The van der Waals surface area contributed by atoms with Crippen LogP contribution >= 0.6 is 11.3 Å². The van der Waals surface area contributed by atoms with Gasteiger partial charge in [-0.1, -0.05) is 12.1 Å². The fraction of sp³-hybridized carbons (Fsp3) is 0.0500. The van der Waals surface area contributed by atoms with Gasteiger partial charge < -0.3 is 5.11 Å². The number of benzene rings is 1. The number of alkyl halides is 3. The van der Waals surface area contributed by atoms with Gasteiger partial charge in [0.05, 0.1) is 10.4 Å². The summed E-state index contributed by atoms with van der Waals surface area (Å²) in [6, 6.07) is 10.6. The molecule has 1 N–H and O–H groups in total. The van der Waals surface area contributed by atoms with Crippen LogP contribution in [0.25, 0.3) is 5.65 Å². The largest absolute Gasteiger partial charge is 0.507 e. The summed E-state index contributed by atoms with van der Waals surface area (Å²) in [4.78, 5) is 30.6. The molecular weight excluding hydrogens is 405 g/mol.